The van der Waals surface area contributed by atoms with Gasteiger partial charge in [0.1, 0.15) is 16.5 Å². The fraction of sp³-hybridized carbons (Fsp3) is 0.0588. The van der Waals surface area contributed by atoms with Gasteiger partial charge in [-0.25, -0.2) is 17.9 Å². The second kappa shape index (κ2) is 8.43. The first-order valence-corrected chi connectivity index (χ1v) is 9.01. The van der Waals surface area contributed by atoms with E-state index in [9.17, 15) is 22.4 Å². The lowest BCUT2D eigenvalue weighted by molar-refractivity contribution is -0.117. The number of carbonyl (C=O) groups is 2. The number of hydrazine groups is 1. The van der Waals surface area contributed by atoms with E-state index in [0.29, 0.717) is 5.56 Å². The predicted octanol–water partition coefficient (Wildman–Crippen LogP) is 0.956. The third-order valence-electron chi connectivity index (χ3n) is 3.34. The summed E-state index contributed by atoms with van der Waals surface area (Å²) < 4.78 is 41.5. The lowest BCUT2D eigenvalue weighted by Gasteiger charge is -2.07. The van der Waals surface area contributed by atoms with E-state index in [1.165, 1.54) is 49.6 Å². The molecule has 2 rings (SSSR count). The molecule has 0 aromatic heterocycles. The Morgan fingerprint density at radius 1 is 1.15 bits per heavy atom. The average Bonchev–Trinajstić information content (AvgIpc) is 2.63. The molecule has 10 heteroatoms. The molecule has 0 radical (unpaired) electrons. The molecule has 0 bridgehead atoms. The number of sulfonamides is 1. The fourth-order valence-electron chi connectivity index (χ4n) is 2.06. The number of carbonyl (C=O) groups excluding carboxylic acids is 2. The van der Waals surface area contributed by atoms with E-state index >= 15 is 0 Å². The van der Waals surface area contributed by atoms with Crippen molar-refractivity contribution in [3.8, 4) is 5.75 Å². The van der Waals surface area contributed by atoms with E-state index in [1.807, 2.05) is 0 Å². The van der Waals surface area contributed by atoms with Gasteiger partial charge in [0, 0.05) is 6.08 Å². The average molecular weight is 393 g/mol. The van der Waals surface area contributed by atoms with Gasteiger partial charge in [-0.3, -0.25) is 20.4 Å². The van der Waals surface area contributed by atoms with Crippen LogP contribution in [0.15, 0.2) is 53.4 Å². The molecule has 27 heavy (non-hydrogen) atoms. The van der Waals surface area contributed by atoms with Gasteiger partial charge in [0.05, 0.1) is 12.7 Å². The highest BCUT2D eigenvalue weighted by Gasteiger charge is 2.15. The summed E-state index contributed by atoms with van der Waals surface area (Å²) in [4.78, 5) is 23.3. The molecular weight excluding hydrogens is 377 g/mol. The molecular formula is C17H16FN3O5S. The van der Waals surface area contributed by atoms with Crippen LogP contribution in [-0.2, 0) is 14.8 Å². The van der Waals surface area contributed by atoms with Crippen molar-refractivity contribution in [1.82, 2.24) is 10.9 Å². The summed E-state index contributed by atoms with van der Waals surface area (Å²) in [6, 6.07) is 9.41. The van der Waals surface area contributed by atoms with E-state index in [0.717, 1.165) is 12.1 Å². The monoisotopic (exact) mass is 393 g/mol. The maximum absolute atomic E-state index is 13.5. The van der Waals surface area contributed by atoms with E-state index in [4.69, 9.17) is 9.88 Å². The van der Waals surface area contributed by atoms with Crippen LogP contribution in [0.3, 0.4) is 0 Å². The Morgan fingerprint density at radius 2 is 1.85 bits per heavy atom. The molecule has 0 atom stereocenters. The molecule has 8 nitrogen and oxygen atoms in total. The number of amides is 2. The Kier molecular flexibility index (Phi) is 6.27. The molecule has 0 saturated carbocycles. The Labute approximate surface area is 154 Å². The maximum Gasteiger partial charge on any atom is 0.272 e. The highest BCUT2D eigenvalue weighted by Crippen LogP contribution is 2.24. The number of halogens is 1. The number of primary sulfonamides is 1. The van der Waals surface area contributed by atoms with Gasteiger partial charge < -0.3 is 4.74 Å². The second-order valence-electron chi connectivity index (χ2n) is 5.21. The standard InChI is InChI=1S/C17H16FN3O5S/c1-26-14-8-6-11(10-15(14)27(19,24)25)7-9-16(22)20-21-17(23)12-4-2-3-5-13(12)18/h2-10H,1H3,(H,20,22)(H,21,23)(H2,19,24,25)/b9-7+. The molecule has 2 amide bonds. The molecule has 0 spiro atoms. The summed E-state index contributed by atoms with van der Waals surface area (Å²) in [5, 5.41) is 5.12. The topological polar surface area (TPSA) is 128 Å². The normalized spacial score (nSPS) is 11.2. The van der Waals surface area contributed by atoms with Crippen LogP contribution >= 0.6 is 0 Å². The van der Waals surface area contributed by atoms with Crippen LogP contribution < -0.4 is 20.7 Å². The van der Waals surface area contributed by atoms with Crippen molar-refractivity contribution in [2.45, 2.75) is 4.90 Å². The number of ether oxygens (including phenoxy) is 1. The van der Waals surface area contributed by atoms with Crippen LogP contribution in [0.25, 0.3) is 6.08 Å². The minimum absolute atomic E-state index is 0.0660. The van der Waals surface area contributed by atoms with Crippen LogP contribution in [0.1, 0.15) is 15.9 Å². The van der Waals surface area contributed by atoms with Crippen LogP contribution in [0.2, 0.25) is 0 Å². The molecule has 4 N–H and O–H groups in total. The van der Waals surface area contributed by atoms with E-state index in [2.05, 4.69) is 10.9 Å². The van der Waals surface area contributed by atoms with Crippen LogP contribution in [0.4, 0.5) is 4.39 Å². The van der Waals surface area contributed by atoms with Crippen molar-refractivity contribution in [1.29, 1.82) is 0 Å². The summed E-state index contributed by atoms with van der Waals surface area (Å²) >= 11 is 0. The van der Waals surface area contributed by atoms with E-state index in [-0.39, 0.29) is 16.2 Å². The quantitative estimate of drug-likeness (QED) is 0.515. The first-order chi connectivity index (χ1) is 12.7. The smallest absolute Gasteiger partial charge is 0.272 e. The Bertz CT molecular complexity index is 1010. The molecule has 0 unspecified atom stereocenters. The number of benzene rings is 2. The molecule has 0 aliphatic rings. The third kappa shape index (κ3) is 5.36. The minimum atomic E-state index is -4.01. The molecule has 2 aromatic carbocycles. The first-order valence-electron chi connectivity index (χ1n) is 7.46. The summed E-state index contributed by atoms with van der Waals surface area (Å²) in [6.45, 7) is 0. The molecule has 0 fully saturated rings. The van der Waals surface area contributed by atoms with Crippen LogP contribution in [0, 0.1) is 5.82 Å². The number of nitrogens with one attached hydrogen (secondary N) is 2. The van der Waals surface area contributed by atoms with Crippen molar-refractivity contribution >= 4 is 27.9 Å². The van der Waals surface area contributed by atoms with Crippen LogP contribution in [0.5, 0.6) is 5.75 Å². The summed E-state index contributed by atoms with van der Waals surface area (Å²) in [6.07, 6.45) is 2.36. The number of hydrogen-bond donors (Lipinski definition) is 3. The lowest BCUT2D eigenvalue weighted by Crippen LogP contribution is -2.41. The number of nitrogens with two attached hydrogens (primary N) is 1. The number of methoxy groups -OCH3 is 1. The Morgan fingerprint density at radius 3 is 2.48 bits per heavy atom. The minimum Gasteiger partial charge on any atom is -0.495 e. The van der Waals surface area contributed by atoms with Crippen molar-refractivity contribution in [3.05, 3.63) is 65.5 Å². The highest BCUT2D eigenvalue weighted by atomic mass is 32.2. The van der Waals surface area contributed by atoms with Crippen molar-refractivity contribution in [3.63, 3.8) is 0 Å². The predicted molar refractivity (Wildman–Crippen MR) is 95.4 cm³/mol. The van der Waals surface area contributed by atoms with Gasteiger partial charge in [-0.1, -0.05) is 18.2 Å². The molecule has 0 heterocycles. The van der Waals surface area contributed by atoms with Crippen LogP contribution in [-0.4, -0.2) is 27.3 Å². The zero-order chi connectivity index (χ0) is 20.0. The molecule has 0 aliphatic carbocycles. The van der Waals surface area contributed by atoms with Gasteiger partial charge in [-0.05, 0) is 35.9 Å². The Balaban J connectivity index is 2.05. The zero-order valence-electron chi connectivity index (χ0n) is 14.1. The fourth-order valence-corrected chi connectivity index (χ4v) is 2.80. The van der Waals surface area contributed by atoms with E-state index < -0.39 is 27.7 Å². The number of rotatable bonds is 5. The second-order valence-corrected chi connectivity index (χ2v) is 6.74. The van der Waals surface area contributed by atoms with Gasteiger partial charge >= 0.3 is 0 Å². The van der Waals surface area contributed by atoms with Gasteiger partial charge in [0.15, 0.2) is 0 Å². The molecule has 142 valence electrons. The van der Waals surface area contributed by atoms with Gasteiger partial charge in [-0.2, -0.15) is 0 Å². The van der Waals surface area contributed by atoms with Crippen molar-refractivity contribution < 1.29 is 27.1 Å². The molecule has 0 aliphatic heterocycles. The zero-order valence-corrected chi connectivity index (χ0v) is 14.9. The highest BCUT2D eigenvalue weighted by molar-refractivity contribution is 7.89. The first kappa shape index (κ1) is 20.1. The largest absolute Gasteiger partial charge is 0.495 e. The molecule has 0 saturated heterocycles. The SMILES string of the molecule is COc1ccc(/C=C/C(=O)NNC(=O)c2ccccc2F)cc1S(N)(=O)=O. The van der Waals surface area contributed by atoms with Crippen molar-refractivity contribution in [2.75, 3.05) is 7.11 Å². The van der Waals surface area contributed by atoms with Crippen molar-refractivity contribution in [2.24, 2.45) is 5.14 Å². The lowest BCUT2D eigenvalue weighted by atomic mass is 10.2. The van der Waals surface area contributed by atoms with Gasteiger partial charge in [0.2, 0.25) is 10.0 Å². The third-order valence-corrected chi connectivity index (χ3v) is 4.27. The summed E-state index contributed by atoms with van der Waals surface area (Å²) in [5.41, 5.74) is 4.28. The molecule has 2 aromatic rings. The van der Waals surface area contributed by atoms with E-state index in [1.54, 1.807) is 0 Å². The number of hydrogen-bond acceptors (Lipinski definition) is 5. The summed E-state index contributed by atoms with van der Waals surface area (Å²) in [7, 11) is -2.72. The maximum atomic E-state index is 13.5. The Hall–Kier alpha value is -3.24. The van der Waals surface area contributed by atoms with Gasteiger partial charge in [0.25, 0.3) is 11.8 Å². The summed E-state index contributed by atoms with van der Waals surface area (Å²) in [5.74, 6) is -2.20. The van der Waals surface area contributed by atoms with Gasteiger partial charge in [-0.15, -0.1) is 0 Å².